The maximum Gasteiger partial charge on any atom is 0.238 e. The van der Waals surface area contributed by atoms with Crippen LogP contribution in [0, 0.1) is 30.1 Å². The largest absolute Gasteiger partial charge is 0.473 e. The van der Waals surface area contributed by atoms with Crippen LogP contribution in [-0.2, 0) is 11.2 Å². The van der Waals surface area contributed by atoms with Crippen molar-refractivity contribution in [1.82, 2.24) is 15.3 Å². The van der Waals surface area contributed by atoms with E-state index in [1.54, 1.807) is 20.8 Å². The number of hydrogen-bond acceptors (Lipinski definition) is 7. The average Bonchev–Trinajstić information content (AvgIpc) is 3.31. The maximum absolute atomic E-state index is 11.7. The lowest BCUT2D eigenvalue weighted by atomic mass is 9.99. The van der Waals surface area contributed by atoms with Gasteiger partial charge in [-0.25, -0.2) is 9.97 Å². The van der Waals surface area contributed by atoms with E-state index in [1.165, 1.54) is 18.3 Å². The number of nitriles is 1. The zero-order valence-corrected chi connectivity index (χ0v) is 25.5. The van der Waals surface area contributed by atoms with Crippen molar-refractivity contribution in [2.45, 2.75) is 86.3 Å². The van der Waals surface area contributed by atoms with Crippen molar-refractivity contribution in [1.29, 1.82) is 5.26 Å². The molecular formula is C30H46ClN5O3. The molecule has 39 heavy (non-hydrogen) atoms. The van der Waals surface area contributed by atoms with E-state index in [0.717, 1.165) is 25.1 Å². The SMILES string of the molecule is CC1CCN(c2ncnc(OCC(C)(C)O)c2Cl)C1.CCC.Cc1ccc(CC(C)C(=O)NC(C)C#N)cc1. The molecule has 0 radical (unpaired) electrons. The molecule has 1 aliphatic heterocycles. The molecular weight excluding hydrogens is 514 g/mol. The van der Waals surface area contributed by atoms with Crippen LogP contribution in [0.3, 0.4) is 0 Å². The quantitative estimate of drug-likeness (QED) is 0.424. The molecule has 0 spiro atoms. The van der Waals surface area contributed by atoms with Gasteiger partial charge in [0.2, 0.25) is 11.8 Å². The Labute approximate surface area is 239 Å². The summed E-state index contributed by atoms with van der Waals surface area (Å²) in [5, 5.41) is 21.4. The second-order valence-electron chi connectivity index (χ2n) is 10.9. The van der Waals surface area contributed by atoms with Crippen molar-refractivity contribution in [2.75, 3.05) is 24.6 Å². The van der Waals surface area contributed by atoms with Crippen molar-refractivity contribution in [3.05, 3.63) is 46.7 Å². The second-order valence-corrected chi connectivity index (χ2v) is 11.3. The lowest BCUT2D eigenvalue weighted by Crippen LogP contribution is -2.36. The van der Waals surface area contributed by atoms with Crippen LogP contribution in [0.2, 0.25) is 5.02 Å². The summed E-state index contributed by atoms with van der Waals surface area (Å²) in [4.78, 5) is 22.1. The van der Waals surface area contributed by atoms with Crippen LogP contribution >= 0.6 is 11.6 Å². The minimum absolute atomic E-state index is 0.0698. The number of anilines is 1. The maximum atomic E-state index is 11.7. The fourth-order valence-electron chi connectivity index (χ4n) is 3.60. The molecule has 0 bridgehead atoms. The van der Waals surface area contributed by atoms with Crippen molar-refractivity contribution in [3.63, 3.8) is 0 Å². The van der Waals surface area contributed by atoms with Gasteiger partial charge >= 0.3 is 0 Å². The number of halogens is 1. The molecule has 2 aromatic rings. The summed E-state index contributed by atoms with van der Waals surface area (Å²) in [5.74, 6) is 1.50. The Hall–Kier alpha value is -2.89. The minimum Gasteiger partial charge on any atom is -0.473 e. The van der Waals surface area contributed by atoms with E-state index in [4.69, 9.17) is 21.6 Å². The predicted octanol–water partition coefficient (Wildman–Crippen LogP) is 5.74. The van der Waals surface area contributed by atoms with Gasteiger partial charge in [-0.2, -0.15) is 5.26 Å². The average molecular weight is 560 g/mol. The van der Waals surface area contributed by atoms with Gasteiger partial charge in [-0.1, -0.05) is 75.5 Å². The predicted molar refractivity (Wildman–Crippen MR) is 158 cm³/mol. The Balaban J connectivity index is 0.000000357. The molecule has 1 saturated heterocycles. The molecule has 1 amide bonds. The third-order valence-corrected chi connectivity index (χ3v) is 6.02. The van der Waals surface area contributed by atoms with Gasteiger partial charge in [0.25, 0.3) is 0 Å². The second kappa shape index (κ2) is 16.9. The highest BCUT2D eigenvalue weighted by Gasteiger charge is 2.24. The number of rotatable bonds is 8. The molecule has 8 nitrogen and oxygen atoms in total. The van der Waals surface area contributed by atoms with Crippen molar-refractivity contribution < 1.29 is 14.6 Å². The van der Waals surface area contributed by atoms with E-state index in [-0.39, 0.29) is 18.4 Å². The highest BCUT2D eigenvalue weighted by atomic mass is 35.5. The smallest absolute Gasteiger partial charge is 0.238 e. The normalized spacial score (nSPS) is 16.0. The van der Waals surface area contributed by atoms with Gasteiger partial charge in [-0.3, -0.25) is 4.79 Å². The number of carbonyl (C=O) groups excluding carboxylic acids is 1. The minimum atomic E-state index is -0.920. The van der Waals surface area contributed by atoms with Crippen molar-refractivity contribution in [3.8, 4) is 11.9 Å². The summed E-state index contributed by atoms with van der Waals surface area (Å²) >= 11 is 6.29. The van der Waals surface area contributed by atoms with Crippen LogP contribution in [0.4, 0.5) is 5.82 Å². The lowest BCUT2D eigenvalue weighted by Gasteiger charge is -2.21. The summed E-state index contributed by atoms with van der Waals surface area (Å²) in [7, 11) is 0. The first-order valence-electron chi connectivity index (χ1n) is 13.7. The van der Waals surface area contributed by atoms with E-state index in [1.807, 2.05) is 44.2 Å². The zero-order chi connectivity index (χ0) is 29.6. The number of nitrogens with zero attached hydrogens (tertiary/aromatic N) is 4. The van der Waals surface area contributed by atoms with Crippen molar-refractivity contribution >= 4 is 23.3 Å². The first kappa shape index (κ1) is 34.1. The Morgan fingerprint density at radius 3 is 2.41 bits per heavy atom. The summed E-state index contributed by atoms with van der Waals surface area (Å²) in [6.07, 6.45) is 4.54. The van der Waals surface area contributed by atoms with Gasteiger partial charge in [-0.05, 0) is 52.0 Å². The number of aromatic nitrogens is 2. The Morgan fingerprint density at radius 2 is 1.90 bits per heavy atom. The summed E-state index contributed by atoms with van der Waals surface area (Å²) in [6.45, 7) is 17.4. The molecule has 1 fully saturated rings. The molecule has 3 rings (SSSR count). The number of nitrogens with one attached hydrogen (secondary N) is 1. The molecule has 2 N–H and O–H groups in total. The molecule has 1 aromatic carbocycles. The van der Waals surface area contributed by atoms with Crippen LogP contribution in [0.1, 0.15) is 72.4 Å². The lowest BCUT2D eigenvalue weighted by molar-refractivity contribution is -0.124. The monoisotopic (exact) mass is 559 g/mol. The van der Waals surface area contributed by atoms with E-state index < -0.39 is 11.6 Å². The summed E-state index contributed by atoms with van der Waals surface area (Å²) < 4.78 is 5.47. The molecule has 0 aliphatic carbocycles. The van der Waals surface area contributed by atoms with E-state index in [9.17, 15) is 9.90 Å². The van der Waals surface area contributed by atoms with Crippen molar-refractivity contribution in [2.24, 2.45) is 11.8 Å². The molecule has 3 unspecified atom stereocenters. The fraction of sp³-hybridized carbons (Fsp3) is 0.600. The number of aryl methyl sites for hydroxylation is 1. The third kappa shape index (κ3) is 13.1. The van der Waals surface area contributed by atoms with Gasteiger partial charge in [0.1, 0.15) is 24.0 Å². The van der Waals surface area contributed by atoms with Gasteiger partial charge in [0.05, 0.1) is 11.7 Å². The first-order chi connectivity index (χ1) is 18.3. The highest BCUT2D eigenvalue weighted by Crippen LogP contribution is 2.33. The molecule has 1 aromatic heterocycles. The molecule has 3 atom stereocenters. The van der Waals surface area contributed by atoms with E-state index >= 15 is 0 Å². The summed E-state index contributed by atoms with van der Waals surface area (Å²) in [6, 6.07) is 9.71. The van der Waals surface area contributed by atoms with Crippen LogP contribution in [0.15, 0.2) is 30.6 Å². The first-order valence-corrected chi connectivity index (χ1v) is 14.0. The summed E-state index contributed by atoms with van der Waals surface area (Å²) in [5.41, 5.74) is 1.43. The van der Waals surface area contributed by atoms with Crippen LogP contribution in [0.25, 0.3) is 0 Å². The standard InChI is InChI=1S/C14H18N2O.C13H20ClN3O2.C3H8/c1-10-4-6-13(7-5-10)8-11(2)14(17)16-12(3)9-15;1-9-4-5-17(6-9)11-10(14)12(16-8-15-11)19-7-13(2,3)18;1-3-2/h4-7,11-12H,8H2,1-3H3,(H,16,17);8-9,18H,4-7H2,1-3H3;3H2,1-2H3. The van der Waals surface area contributed by atoms with Crippen LogP contribution in [0.5, 0.6) is 5.88 Å². The van der Waals surface area contributed by atoms with Gasteiger partial charge in [-0.15, -0.1) is 0 Å². The van der Waals surface area contributed by atoms with Gasteiger partial charge in [0.15, 0.2) is 5.82 Å². The van der Waals surface area contributed by atoms with Crippen LogP contribution < -0.4 is 15.0 Å². The molecule has 9 heteroatoms. The topological polar surface area (TPSA) is 111 Å². The Kier molecular flexibility index (Phi) is 14.8. The molecule has 2 heterocycles. The molecule has 1 aliphatic rings. The highest BCUT2D eigenvalue weighted by molar-refractivity contribution is 6.34. The van der Waals surface area contributed by atoms with Gasteiger partial charge < -0.3 is 20.1 Å². The van der Waals surface area contributed by atoms with E-state index in [2.05, 4.69) is 41.0 Å². The third-order valence-electron chi connectivity index (χ3n) is 5.69. The van der Waals surface area contributed by atoms with E-state index in [0.29, 0.717) is 29.1 Å². The number of amides is 1. The van der Waals surface area contributed by atoms with Crippen LogP contribution in [-0.4, -0.2) is 52.3 Å². The number of hydrogen-bond donors (Lipinski definition) is 2. The molecule has 0 saturated carbocycles. The van der Waals surface area contributed by atoms with Gasteiger partial charge in [0, 0.05) is 19.0 Å². The Bertz CT molecular complexity index is 1050. The molecule has 216 valence electrons. The fourth-order valence-corrected chi connectivity index (χ4v) is 3.87. The Morgan fingerprint density at radius 1 is 1.28 bits per heavy atom. The number of benzene rings is 1. The number of ether oxygens (including phenoxy) is 1. The number of aliphatic hydroxyl groups is 1. The zero-order valence-electron chi connectivity index (χ0n) is 24.8. The number of carbonyl (C=O) groups is 1.